The number of carbonyl (C=O) groups is 1. The lowest BCUT2D eigenvalue weighted by molar-refractivity contribution is -0.143. The molecule has 2 rings (SSSR count). The van der Waals surface area contributed by atoms with E-state index in [9.17, 15) is 4.79 Å². The fourth-order valence-corrected chi connectivity index (χ4v) is 2.39. The van der Waals surface area contributed by atoms with Crippen molar-refractivity contribution in [1.82, 2.24) is 5.32 Å². The lowest BCUT2D eigenvalue weighted by Gasteiger charge is -2.39. The van der Waals surface area contributed by atoms with E-state index in [1.807, 2.05) is 13.8 Å². The van der Waals surface area contributed by atoms with Crippen LogP contribution in [0, 0.1) is 5.41 Å². The smallest absolute Gasteiger partial charge is 0.227 e. The molecule has 3 N–H and O–H groups in total. The third-order valence-corrected chi connectivity index (χ3v) is 3.74. The molecule has 0 aromatic carbocycles. The van der Waals surface area contributed by atoms with E-state index in [4.69, 9.17) is 15.2 Å². The van der Waals surface area contributed by atoms with Gasteiger partial charge in [0.2, 0.25) is 5.91 Å². The van der Waals surface area contributed by atoms with E-state index in [1.165, 1.54) is 0 Å². The van der Waals surface area contributed by atoms with Crippen molar-refractivity contribution >= 4 is 5.91 Å². The number of rotatable bonds is 4. The van der Waals surface area contributed by atoms with E-state index in [0.717, 1.165) is 19.3 Å². The summed E-state index contributed by atoms with van der Waals surface area (Å²) < 4.78 is 11.1. The molecule has 1 heterocycles. The Hall–Kier alpha value is -0.650. The fraction of sp³-hybridized carbons (Fsp3) is 0.917. The zero-order valence-electron chi connectivity index (χ0n) is 10.6. The van der Waals surface area contributed by atoms with Gasteiger partial charge in [0.1, 0.15) is 6.10 Å². The average Bonchev–Trinajstić information content (AvgIpc) is 2.54. The van der Waals surface area contributed by atoms with Crippen LogP contribution in [-0.4, -0.2) is 37.5 Å². The molecular weight excluding hydrogens is 220 g/mol. The van der Waals surface area contributed by atoms with Gasteiger partial charge in [-0.15, -0.1) is 0 Å². The van der Waals surface area contributed by atoms with Crippen LogP contribution in [0.5, 0.6) is 0 Å². The summed E-state index contributed by atoms with van der Waals surface area (Å²) in [5.41, 5.74) is 5.37. The predicted octanol–water partition coefficient (Wildman–Crippen LogP) is 0.383. The minimum atomic E-state index is -0.530. The Kier molecular flexibility index (Phi) is 3.43. The number of nitrogens with two attached hydrogens (primary N) is 1. The lowest BCUT2D eigenvalue weighted by atomic mass is 9.68. The molecule has 5 nitrogen and oxygen atoms in total. The number of hydrogen-bond acceptors (Lipinski definition) is 4. The molecule has 1 aliphatic carbocycles. The van der Waals surface area contributed by atoms with Crippen LogP contribution in [-0.2, 0) is 14.3 Å². The number of amides is 1. The van der Waals surface area contributed by atoms with Crippen LogP contribution >= 0.6 is 0 Å². The monoisotopic (exact) mass is 242 g/mol. The topological polar surface area (TPSA) is 73.6 Å². The average molecular weight is 242 g/mol. The Morgan fingerprint density at radius 2 is 2.18 bits per heavy atom. The molecule has 1 amide bonds. The first-order chi connectivity index (χ1) is 7.97. The Morgan fingerprint density at radius 3 is 2.59 bits per heavy atom. The number of carbonyl (C=O) groups excluding carboxylic acids is 1. The summed E-state index contributed by atoms with van der Waals surface area (Å²) in [5.74, 6) is -0.461. The van der Waals surface area contributed by atoms with Crippen molar-refractivity contribution in [3.05, 3.63) is 0 Å². The summed E-state index contributed by atoms with van der Waals surface area (Å²) >= 11 is 0. The summed E-state index contributed by atoms with van der Waals surface area (Å²) in [4.78, 5) is 12.0. The maximum Gasteiger partial charge on any atom is 0.227 e. The van der Waals surface area contributed by atoms with Gasteiger partial charge < -0.3 is 20.5 Å². The Bertz CT molecular complexity index is 295. The molecule has 1 saturated heterocycles. The van der Waals surface area contributed by atoms with Crippen LogP contribution in [0.4, 0.5) is 0 Å². The van der Waals surface area contributed by atoms with E-state index in [0.29, 0.717) is 19.7 Å². The molecule has 0 aromatic rings. The van der Waals surface area contributed by atoms with Crippen molar-refractivity contribution in [2.45, 2.75) is 45.0 Å². The lowest BCUT2D eigenvalue weighted by Crippen LogP contribution is -2.51. The SMILES string of the molecule is CC1(C)OCC(CNC(=O)C2(CN)CCC2)O1. The van der Waals surface area contributed by atoms with Gasteiger partial charge in [0.05, 0.1) is 12.0 Å². The minimum absolute atomic E-state index is 0.0520. The number of ether oxygens (including phenoxy) is 2. The summed E-state index contributed by atoms with van der Waals surface area (Å²) in [7, 11) is 0. The predicted molar refractivity (Wildman–Crippen MR) is 63.3 cm³/mol. The zero-order chi connectivity index (χ0) is 12.5. The summed E-state index contributed by atoms with van der Waals surface area (Å²) in [6.45, 7) is 5.23. The quantitative estimate of drug-likeness (QED) is 0.747. The number of hydrogen-bond donors (Lipinski definition) is 2. The van der Waals surface area contributed by atoms with Crippen molar-refractivity contribution in [3.63, 3.8) is 0 Å². The largest absolute Gasteiger partial charge is 0.353 e. The first kappa shape index (κ1) is 12.8. The molecule has 5 heteroatoms. The molecular formula is C12H22N2O3. The van der Waals surface area contributed by atoms with Crippen LogP contribution in [0.1, 0.15) is 33.1 Å². The van der Waals surface area contributed by atoms with E-state index < -0.39 is 5.79 Å². The van der Waals surface area contributed by atoms with Crippen molar-refractivity contribution in [3.8, 4) is 0 Å². The van der Waals surface area contributed by atoms with E-state index in [1.54, 1.807) is 0 Å². The summed E-state index contributed by atoms with van der Waals surface area (Å²) in [6.07, 6.45) is 2.86. The van der Waals surface area contributed by atoms with Crippen LogP contribution < -0.4 is 11.1 Å². The van der Waals surface area contributed by atoms with Crippen molar-refractivity contribution < 1.29 is 14.3 Å². The molecule has 0 spiro atoms. The third-order valence-electron chi connectivity index (χ3n) is 3.74. The Labute approximate surface area is 102 Å². The van der Waals surface area contributed by atoms with Gasteiger partial charge in [-0.25, -0.2) is 0 Å². The van der Waals surface area contributed by atoms with Gasteiger partial charge in [0.25, 0.3) is 0 Å². The van der Waals surface area contributed by atoms with Gasteiger partial charge >= 0.3 is 0 Å². The molecule has 1 unspecified atom stereocenters. The highest BCUT2D eigenvalue weighted by atomic mass is 16.7. The highest BCUT2D eigenvalue weighted by Gasteiger charge is 2.43. The Balaban J connectivity index is 1.77. The standard InChI is InChI=1S/C12H22N2O3/c1-11(2)16-7-9(17-11)6-14-10(15)12(8-13)4-3-5-12/h9H,3-8,13H2,1-2H3,(H,14,15). The van der Waals surface area contributed by atoms with Crippen LogP contribution in [0.3, 0.4) is 0 Å². The van der Waals surface area contributed by atoms with E-state index in [2.05, 4.69) is 5.32 Å². The molecule has 2 aliphatic rings. The van der Waals surface area contributed by atoms with Gasteiger partial charge in [0, 0.05) is 13.1 Å². The summed E-state index contributed by atoms with van der Waals surface area (Å²) in [6, 6.07) is 0. The zero-order valence-corrected chi connectivity index (χ0v) is 10.6. The van der Waals surface area contributed by atoms with Crippen LogP contribution in [0.25, 0.3) is 0 Å². The molecule has 0 radical (unpaired) electrons. The van der Waals surface area contributed by atoms with Gasteiger partial charge in [-0.05, 0) is 26.7 Å². The molecule has 1 aliphatic heterocycles. The van der Waals surface area contributed by atoms with Crippen molar-refractivity contribution in [2.75, 3.05) is 19.7 Å². The number of nitrogens with one attached hydrogen (secondary N) is 1. The molecule has 0 aromatic heterocycles. The molecule has 2 fully saturated rings. The maximum absolute atomic E-state index is 12.0. The maximum atomic E-state index is 12.0. The van der Waals surface area contributed by atoms with E-state index >= 15 is 0 Å². The van der Waals surface area contributed by atoms with Gasteiger partial charge in [-0.2, -0.15) is 0 Å². The second-order valence-electron chi connectivity index (χ2n) is 5.50. The highest BCUT2D eigenvalue weighted by Crippen LogP contribution is 2.40. The second-order valence-corrected chi connectivity index (χ2v) is 5.50. The van der Waals surface area contributed by atoms with Crippen LogP contribution in [0.15, 0.2) is 0 Å². The van der Waals surface area contributed by atoms with Crippen molar-refractivity contribution in [2.24, 2.45) is 11.1 Å². The molecule has 0 bridgehead atoms. The van der Waals surface area contributed by atoms with E-state index in [-0.39, 0.29) is 17.4 Å². The molecule has 98 valence electrons. The second kappa shape index (κ2) is 4.55. The highest BCUT2D eigenvalue weighted by molar-refractivity contribution is 5.83. The first-order valence-electron chi connectivity index (χ1n) is 6.28. The first-order valence-corrected chi connectivity index (χ1v) is 6.28. The normalized spacial score (nSPS) is 29.7. The van der Waals surface area contributed by atoms with Gasteiger partial charge in [-0.1, -0.05) is 6.42 Å². The fourth-order valence-electron chi connectivity index (χ4n) is 2.39. The molecule has 1 saturated carbocycles. The van der Waals surface area contributed by atoms with Gasteiger partial charge in [-0.3, -0.25) is 4.79 Å². The minimum Gasteiger partial charge on any atom is -0.353 e. The van der Waals surface area contributed by atoms with Crippen LogP contribution in [0.2, 0.25) is 0 Å². The third kappa shape index (κ3) is 2.61. The molecule has 1 atom stereocenters. The van der Waals surface area contributed by atoms with Crippen molar-refractivity contribution in [1.29, 1.82) is 0 Å². The Morgan fingerprint density at radius 1 is 1.47 bits per heavy atom. The van der Waals surface area contributed by atoms with Gasteiger partial charge in [0.15, 0.2) is 5.79 Å². The summed E-state index contributed by atoms with van der Waals surface area (Å²) in [5, 5.41) is 2.93. The molecule has 17 heavy (non-hydrogen) atoms.